The Morgan fingerprint density at radius 1 is 1.35 bits per heavy atom. The van der Waals surface area contributed by atoms with Crippen LogP contribution in [0.15, 0.2) is 5.38 Å². The van der Waals surface area contributed by atoms with Crippen molar-refractivity contribution in [2.75, 3.05) is 26.8 Å². The molecule has 7 heteroatoms. The van der Waals surface area contributed by atoms with Gasteiger partial charge in [-0.25, -0.2) is 0 Å². The second-order valence-electron chi connectivity index (χ2n) is 4.41. The van der Waals surface area contributed by atoms with Crippen LogP contribution in [-0.2, 0) is 11.2 Å². The highest BCUT2D eigenvalue weighted by atomic mass is 35.5. The molecule has 0 aliphatic heterocycles. The van der Waals surface area contributed by atoms with Gasteiger partial charge in [0.05, 0.1) is 16.5 Å². The standard InChI is InChI=1S/C13H18ClN3OS2/c1-9-8-19-12(11(9)14)13-17-16-10(20-13)4-3-5-15-6-7-18-2/h8,15H,3-7H2,1-2H3. The van der Waals surface area contributed by atoms with Crippen LogP contribution in [0.1, 0.15) is 17.0 Å². The van der Waals surface area contributed by atoms with Crippen LogP contribution in [0.25, 0.3) is 9.88 Å². The zero-order valence-electron chi connectivity index (χ0n) is 11.6. The Bertz CT molecular complexity index is 541. The van der Waals surface area contributed by atoms with Crippen molar-refractivity contribution in [1.82, 2.24) is 15.5 Å². The number of nitrogens with one attached hydrogen (secondary N) is 1. The first-order valence-electron chi connectivity index (χ1n) is 6.48. The molecule has 0 amide bonds. The summed E-state index contributed by atoms with van der Waals surface area (Å²) in [5.74, 6) is 0. The Kier molecular flexibility index (Phi) is 6.38. The van der Waals surface area contributed by atoms with E-state index in [4.69, 9.17) is 16.3 Å². The molecule has 0 fully saturated rings. The number of hydrogen-bond acceptors (Lipinski definition) is 6. The predicted molar refractivity (Wildman–Crippen MR) is 86.0 cm³/mol. The molecule has 0 aliphatic rings. The summed E-state index contributed by atoms with van der Waals surface area (Å²) in [5, 5.41) is 16.7. The number of methoxy groups -OCH3 is 1. The molecule has 2 aromatic heterocycles. The maximum absolute atomic E-state index is 6.26. The molecule has 4 nitrogen and oxygen atoms in total. The Hall–Kier alpha value is -0.530. The minimum absolute atomic E-state index is 0.749. The second-order valence-corrected chi connectivity index (χ2v) is 6.73. The van der Waals surface area contributed by atoms with Crippen LogP contribution in [0, 0.1) is 6.92 Å². The maximum Gasteiger partial charge on any atom is 0.159 e. The lowest BCUT2D eigenvalue weighted by atomic mass is 10.3. The maximum atomic E-state index is 6.26. The molecule has 2 rings (SSSR count). The Morgan fingerprint density at radius 2 is 2.20 bits per heavy atom. The first-order valence-corrected chi connectivity index (χ1v) is 8.55. The van der Waals surface area contributed by atoms with Crippen molar-refractivity contribution in [3.8, 4) is 9.88 Å². The Labute approximate surface area is 132 Å². The molecule has 0 spiro atoms. The fourth-order valence-electron chi connectivity index (χ4n) is 1.68. The lowest BCUT2D eigenvalue weighted by molar-refractivity contribution is 0.199. The summed E-state index contributed by atoms with van der Waals surface area (Å²) in [6.07, 6.45) is 2.00. The van der Waals surface area contributed by atoms with E-state index in [2.05, 4.69) is 20.9 Å². The van der Waals surface area contributed by atoms with E-state index < -0.39 is 0 Å². The molecule has 2 aromatic rings. The van der Waals surface area contributed by atoms with Crippen LogP contribution in [-0.4, -0.2) is 37.0 Å². The van der Waals surface area contributed by atoms with E-state index in [1.165, 1.54) is 0 Å². The SMILES string of the molecule is COCCNCCCc1nnc(-c2scc(C)c2Cl)s1. The predicted octanol–water partition coefficient (Wildman–Crippen LogP) is 3.40. The number of thiophene rings is 1. The molecule has 0 aromatic carbocycles. The quantitative estimate of drug-likeness (QED) is 0.753. The van der Waals surface area contributed by atoms with Gasteiger partial charge in [0.2, 0.25) is 0 Å². The number of aryl methyl sites for hydroxylation is 2. The van der Waals surface area contributed by atoms with Crippen LogP contribution >= 0.6 is 34.3 Å². The summed E-state index contributed by atoms with van der Waals surface area (Å²) in [6, 6.07) is 0. The van der Waals surface area contributed by atoms with E-state index in [1.54, 1.807) is 29.8 Å². The Balaban J connectivity index is 1.82. The topological polar surface area (TPSA) is 47.0 Å². The van der Waals surface area contributed by atoms with Gasteiger partial charge in [0.15, 0.2) is 5.01 Å². The molecule has 20 heavy (non-hydrogen) atoms. The average molecular weight is 332 g/mol. The monoisotopic (exact) mass is 331 g/mol. The van der Waals surface area contributed by atoms with Gasteiger partial charge in [-0.2, -0.15) is 0 Å². The van der Waals surface area contributed by atoms with Crippen LogP contribution in [0.4, 0.5) is 0 Å². The van der Waals surface area contributed by atoms with Crippen molar-refractivity contribution < 1.29 is 4.74 Å². The fraction of sp³-hybridized carbons (Fsp3) is 0.538. The number of nitrogens with zero attached hydrogens (tertiary/aromatic N) is 2. The van der Waals surface area contributed by atoms with Crippen LogP contribution in [0.5, 0.6) is 0 Å². The third kappa shape index (κ3) is 4.23. The van der Waals surface area contributed by atoms with Gasteiger partial charge in [0.25, 0.3) is 0 Å². The summed E-state index contributed by atoms with van der Waals surface area (Å²) < 4.78 is 4.98. The minimum Gasteiger partial charge on any atom is -0.383 e. The van der Waals surface area contributed by atoms with Gasteiger partial charge in [0, 0.05) is 20.1 Å². The van der Waals surface area contributed by atoms with E-state index >= 15 is 0 Å². The average Bonchev–Trinajstić information content (AvgIpc) is 3.02. The molecule has 0 unspecified atom stereocenters. The number of rotatable bonds is 8. The van der Waals surface area contributed by atoms with Gasteiger partial charge >= 0.3 is 0 Å². The minimum atomic E-state index is 0.749. The van der Waals surface area contributed by atoms with Crippen molar-refractivity contribution in [2.24, 2.45) is 0 Å². The van der Waals surface area contributed by atoms with Crippen molar-refractivity contribution in [1.29, 1.82) is 0 Å². The lowest BCUT2D eigenvalue weighted by Gasteiger charge is -2.01. The van der Waals surface area contributed by atoms with Crippen molar-refractivity contribution in [3.05, 3.63) is 21.0 Å². The molecule has 0 saturated carbocycles. The van der Waals surface area contributed by atoms with Crippen molar-refractivity contribution in [2.45, 2.75) is 19.8 Å². The number of halogens is 1. The van der Waals surface area contributed by atoms with E-state index in [0.29, 0.717) is 0 Å². The first-order chi connectivity index (χ1) is 9.72. The molecule has 0 atom stereocenters. The summed E-state index contributed by atoms with van der Waals surface area (Å²) in [6.45, 7) is 4.62. The zero-order valence-corrected chi connectivity index (χ0v) is 14.0. The molecule has 110 valence electrons. The number of hydrogen-bond donors (Lipinski definition) is 1. The van der Waals surface area contributed by atoms with Gasteiger partial charge in [-0.15, -0.1) is 21.5 Å². The van der Waals surface area contributed by atoms with Gasteiger partial charge in [-0.1, -0.05) is 22.9 Å². The van der Waals surface area contributed by atoms with Gasteiger partial charge in [-0.3, -0.25) is 0 Å². The molecular weight excluding hydrogens is 314 g/mol. The highest BCUT2D eigenvalue weighted by Crippen LogP contribution is 2.37. The smallest absolute Gasteiger partial charge is 0.159 e. The molecule has 0 bridgehead atoms. The van der Waals surface area contributed by atoms with Gasteiger partial charge < -0.3 is 10.1 Å². The van der Waals surface area contributed by atoms with Crippen molar-refractivity contribution >= 4 is 34.3 Å². The molecule has 1 N–H and O–H groups in total. The fourth-order valence-corrected chi connectivity index (χ4v) is 4.00. The largest absolute Gasteiger partial charge is 0.383 e. The highest BCUT2D eigenvalue weighted by Gasteiger charge is 2.13. The van der Waals surface area contributed by atoms with E-state index in [9.17, 15) is 0 Å². The highest BCUT2D eigenvalue weighted by molar-refractivity contribution is 7.21. The molecule has 2 heterocycles. The molecular formula is C13H18ClN3OS2. The molecule has 0 aliphatic carbocycles. The zero-order chi connectivity index (χ0) is 14.4. The number of ether oxygens (including phenoxy) is 1. The second kappa shape index (κ2) is 8.05. The van der Waals surface area contributed by atoms with Crippen LogP contribution in [0.2, 0.25) is 5.02 Å². The number of aromatic nitrogens is 2. The van der Waals surface area contributed by atoms with Crippen molar-refractivity contribution in [3.63, 3.8) is 0 Å². The lowest BCUT2D eigenvalue weighted by Crippen LogP contribution is -2.20. The first kappa shape index (κ1) is 15.9. The Morgan fingerprint density at radius 3 is 2.90 bits per heavy atom. The van der Waals surface area contributed by atoms with Crippen LogP contribution < -0.4 is 5.32 Å². The van der Waals surface area contributed by atoms with E-state index in [0.717, 1.165) is 58.0 Å². The van der Waals surface area contributed by atoms with Crippen LogP contribution in [0.3, 0.4) is 0 Å². The summed E-state index contributed by atoms with van der Waals surface area (Å²) >= 11 is 9.52. The van der Waals surface area contributed by atoms with Gasteiger partial charge in [-0.05, 0) is 30.8 Å². The van der Waals surface area contributed by atoms with E-state index in [1.807, 2.05) is 6.92 Å². The summed E-state index contributed by atoms with van der Waals surface area (Å²) in [7, 11) is 1.71. The third-order valence-electron chi connectivity index (χ3n) is 2.79. The summed E-state index contributed by atoms with van der Waals surface area (Å²) in [4.78, 5) is 1.03. The molecule has 0 saturated heterocycles. The third-order valence-corrected chi connectivity index (χ3v) is 5.62. The molecule has 0 radical (unpaired) electrons. The van der Waals surface area contributed by atoms with E-state index in [-0.39, 0.29) is 0 Å². The van der Waals surface area contributed by atoms with Gasteiger partial charge in [0.1, 0.15) is 5.01 Å². The normalized spacial score (nSPS) is 11.2. The summed E-state index contributed by atoms with van der Waals surface area (Å²) in [5.41, 5.74) is 1.10.